The van der Waals surface area contributed by atoms with Crippen LogP contribution in [0.2, 0.25) is 0 Å². The molecule has 0 aliphatic heterocycles. The normalized spacial score (nSPS) is 11.8. The predicted octanol–water partition coefficient (Wildman–Crippen LogP) is 4.72. The number of nitrogens with one attached hydrogen (secondary N) is 1. The number of aromatic nitrogens is 4. The Bertz CT molecular complexity index is 1730. The molecule has 0 aliphatic carbocycles. The van der Waals surface area contributed by atoms with Crippen LogP contribution >= 0.6 is 0 Å². The Morgan fingerprint density at radius 2 is 1.81 bits per heavy atom. The van der Waals surface area contributed by atoms with E-state index >= 15 is 0 Å². The Morgan fingerprint density at radius 3 is 2.50 bits per heavy atom. The Labute approximate surface area is 206 Å². The Hall–Kier alpha value is -4.25. The highest BCUT2D eigenvalue weighted by atomic mass is 32.2. The molecule has 0 atom stereocenters. The number of rotatable bonds is 6. The van der Waals surface area contributed by atoms with Crippen LogP contribution < -0.4 is 10.5 Å². The van der Waals surface area contributed by atoms with Gasteiger partial charge in [0.2, 0.25) is 10.0 Å². The second kappa shape index (κ2) is 8.76. The number of aryl methyl sites for hydroxylation is 1. The van der Waals surface area contributed by atoms with E-state index in [1.807, 2.05) is 24.4 Å². The summed E-state index contributed by atoms with van der Waals surface area (Å²) in [5.41, 5.74) is 10.3. The summed E-state index contributed by atoms with van der Waals surface area (Å²) >= 11 is 0. The lowest BCUT2D eigenvalue weighted by Gasteiger charge is -2.14. The molecule has 0 unspecified atom stereocenters. The zero-order chi connectivity index (χ0) is 25.6. The van der Waals surface area contributed by atoms with E-state index in [-0.39, 0.29) is 17.0 Å². The van der Waals surface area contributed by atoms with Crippen LogP contribution in [0.15, 0.2) is 67.1 Å². The number of fused-ring (bicyclic) bond motifs is 1. The molecule has 0 amide bonds. The third-order valence-electron chi connectivity index (χ3n) is 5.81. The molecule has 0 aliphatic rings. The van der Waals surface area contributed by atoms with E-state index in [4.69, 9.17) is 5.73 Å². The molecule has 0 saturated carbocycles. The lowest BCUT2D eigenvalue weighted by Crippen LogP contribution is -2.15. The van der Waals surface area contributed by atoms with E-state index in [2.05, 4.69) is 14.8 Å². The third kappa shape index (κ3) is 4.40. The fourth-order valence-corrected chi connectivity index (χ4v) is 4.68. The number of anilines is 2. The molecule has 2 aromatic heterocycles. The molecule has 0 fully saturated rings. The quantitative estimate of drug-likeness (QED) is 0.345. The molecular weight excluding hydrogens is 486 g/mol. The number of hydrogen-bond donors (Lipinski definition) is 2. The average Bonchev–Trinajstić information content (AvgIpc) is 3.40. The van der Waals surface area contributed by atoms with Gasteiger partial charge in [-0.05, 0) is 60.5 Å². The molecule has 11 heteroatoms. The summed E-state index contributed by atoms with van der Waals surface area (Å²) in [6, 6.07) is 13.7. The number of imidazole rings is 1. The van der Waals surface area contributed by atoms with Crippen LogP contribution in [0.4, 0.5) is 20.3 Å². The van der Waals surface area contributed by atoms with E-state index in [1.165, 1.54) is 19.1 Å². The monoisotopic (exact) mass is 508 g/mol. The van der Waals surface area contributed by atoms with Crippen molar-refractivity contribution in [1.29, 1.82) is 0 Å². The second-order valence-corrected chi connectivity index (χ2v) is 10.3. The molecule has 3 N–H and O–H groups in total. The van der Waals surface area contributed by atoms with Crippen LogP contribution in [0, 0.1) is 11.6 Å². The van der Waals surface area contributed by atoms with Gasteiger partial charge in [0.25, 0.3) is 0 Å². The number of sulfonamides is 1. The molecule has 8 nitrogen and oxygen atoms in total. The van der Waals surface area contributed by atoms with E-state index in [1.54, 1.807) is 34.8 Å². The van der Waals surface area contributed by atoms with Gasteiger partial charge in [0.15, 0.2) is 5.82 Å². The first-order valence-electron chi connectivity index (χ1n) is 11.0. The van der Waals surface area contributed by atoms with Crippen molar-refractivity contribution >= 4 is 32.6 Å². The van der Waals surface area contributed by atoms with Crippen molar-refractivity contribution in [2.75, 3.05) is 16.2 Å². The molecule has 0 radical (unpaired) electrons. The average molecular weight is 509 g/mol. The minimum atomic E-state index is -3.60. The lowest BCUT2D eigenvalue weighted by molar-refractivity contribution is 0.585. The summed E-state index contributed by atoms with van der Waals surface area (Å²) in [7, 11) is -1.82. The molecular formula is C25H22F2N6O2S. The maximum absolute atomic E-state index is 14.6. The molecule has 0 saturated heterocycles. The first-order valence-corrected chi connectivity index (χ1v) is 12.7. The largest absolute Gasteiger partial charge is 0.382 e. The number of hydrogen-bond acceptors (Lipinski definition) is 5. The Morgan fingerprint density at radius 1 is 1.00 bits per heavy atom. The van der Waals surface area contributed by atoms with Crippen molar-refractivity contribution in [2.24, 2.45) is 7.05 Å². The summed E-state index contributed by atoms with van der Waals surface area (Å²) in [4.78, 5) is 4.50. The standard InChI is InChI=1S/C25H22F2N6O2S/c1-3-36(34,35)31-18-8-16(20-6-5-17(26)11-22(20)27)9-19(12-18)33-14-29-23-10-15(4-7-24(23)33)21-13-32(2)30-25(21)28/h4-14,31H,3H2,1-2H3,(H2,28,30). The Kier molecular flexibility index (Phi) is 5.71. The van der Waals surface area contributed by atoms with Crippen LogP contribution in [0.1, 0.15) is 6.92 Å². The second-order valence-electron chi connectivity index (χ2n) is 8.32. The molecule has 0 spiro atoms. The number of nitrogens with zero attached hydrogens (tertiary/aromatic N) is 4. The van der Waals surface area contributed by atoms with Crippen LogP contribution in [0.5, 0.6) is 0 Å². The van der Waals surface area contributed by atoms with Crippen molar-refractivity contribution in [3.63, 3.8) is 0 Å². The molecule has 3 aromatic carbocycles. The molecule has 5 rings (SSSR count). The van der Waals surface area contributed by atoms with Crippen molar-refractivity contribution in [3.8, 4) is 27.9 Å². The van der Waals surface area contributed by atoms with E-state index in [0.29, 0.717) is 22.6 Å². The maximum Gasteiger partial charge on any atom is 0.232 e. The van der Waals surface area contributed by atoms with Crippen LogP contribution in [0.3, 0.4) is 0 Å². The highest BCUT2D eigenvalue weighted by molar-refractivity contribution is 7.92. The Balaban J connectivity index is 1.65. The van der Waals surface area contributed by atoms with Gasteiger partial charge in [-0.1, -0.05) is 6.07 Å². The van der Waals surface area contributed by atoms with Gasteiger partial charge in [0.05, 0.1) is 22.5 Å². The van der Waals surface area contributed by atoms with E-state index in [0.717, 1.165) is 28.8 Å². The van der Waals surface area contributed by atoms with Gasteiger partial charge in [0, 0.05) is 36.1 Å². The van der Waals surface area contributed by atoms with Crippen LogP contribution in [-0.4, -0.2) is 33.5 Å². The van der Waals surface area contributed by atoms with Gasteiger partial charge >= 0.3 is 0 Å². The summed E-state index contributed by atoms with van der Waals surface area (Å²) in [6.45, 7) is 1.52. The lowest BCUT2D eigenvalue weighted by atomic mass is 10.0. The van der Waals surface area contributed by atoms with Gasteiger partial charge in [-0.2, -0.15) is 5.10 Å². The van der Waals surface area contributed by atoms with Gasteiger partial charge < -0.3 is 5.73 Å². The predicted molar refractivity (Wildman–Crippen MR) is 136 cm³/mol. The van der Waals surface area contributed by atoms with Gasteiger partial charge in [-0.25, -0.2) is 22.2 Å². The fraction of sp³-hybridized carbons (Fsp3) is 0.120. The summed E-state index contributed by atoms with van der Waals surface area (Å²) in [5, 5.41) is 4.18. The number of nitrogen functional groups attached to an aromatic ring is 1. The van der Waals surface area contributed by atoms with Gasteiger partial charge in [0.1, 0.15) is 18.0 Å². The SMILES string of the molecule is CCS(=O)(=O)Nc1cc(-c2ccc(F)cc2F)cc(-n2cnc3cc(-c4cn(C)nc4N)ccc32)c1. The molecule has 184 valence electrons. The first kappa shape index (κ1) is 23.5. The summed E-state index contributed by atoms with van der Waals surface area (Å²) in [6.07, 6.45) is 3.42. The highest BCUT2D eigenvalue weighted by Crippen LogP contribution is 2.32. The summed E-state index contributed by atoms with van der Waals surface area (Å²) in [5.74, 6) is -1.19. The van der Waals surface area contributed by atoms with Crippen molar-refractivity contribution in [2.45, 2.75) is 6.92 Å². The number of nitrogens with two attached hydrogens (primary N) is 1. The topological polar surface area (TPSA) is 108 Å². The van der Waals surface area contributed by atoms with Crippen molar-refractivity contribution < 1.29 is 17.2 Å². The van der Waals surface area contributed by atoms with Crippen molar-refractivity contribution in [1.82, 2.24) is 19.3 Å². The van der Waals surface area contributed by atoms with Crippen LogP contribution in [0.25, 0.3) is 39.0 Å². The summed E-state index contributed by atoms with van der Waals surface area (Å²) < 4.78 is 58.6. The zero-order valence-electron chi connectivity index (χ0n) is 19.4. The molecule has 36 heavy (non-hydrogen) atoms. The minimum Gasteiger partial charge on any atom is -0.382 e. The van der Waals surface area contributed by atoms with Crippen molar-refractivity contribution in [3.05, 3.63) is 78.8 Å². The maximum atomic E-state index is 14.6. The number of benzene rings is 3. The van der Waals surface area contributed by atoms with E-state index < -0.39 is 21.7 Å². The minimum absolute atomic E-state index is 0.133. The van der Waals surface area contributed by atoms with Crippen LogP contribution in [-0.2, 0) is 17.1 Å². The fourth-order valence-electron chi connectivity index (χ4n) is 4.05. The molecule has 2 heterocycles. The smallest absolute Gasteiger partial charge is 0.232 e. The van der Waals surface area contributed by atoms with E-state index in [9.17, 15) is 17.2 Å². The highest BCUT2D eigenvalue weighted by Gasteiger charge is 2.15. The van der Waals surface area contributed by atoms with Gasteiger partial charge in [-0.3, -0.25) is 14.0 Å². The van der Waals surface area contributed by atoms with Gasteiger partial charge in [-0.15, -0.1) is 0 Å². The number of halogens is 2. The first-order chi connectivity index (χ1) is 17.1. The molecule has 0 bridgehead atoms. The zero-order valence-corrected chi connectivity index (χ0v) is 20.2. The third-order valence-corrected chi connectivity index (χ3v) is 7.11. The molecule has 5 aromatic rings.